The summed E-state index contributed by atoms with van der Waals surface area (Å²) < 4.78 is 23.0. The second-order valence-electron chi connectivity index (χ2n) is 4.83. The number of hydrogen-bond acceptors (Lipinski definition) is 5. The van der Waals surface area contributed by atoms with E-state index < -0.39 is 0 Å². The third kappa shape index (κ3) is 6.55. The predicted molar refractivity (Wildman–Crippen MR) is 92.0 cm³/mol. The number of halogens is 1. The first-order valence-electron chi connectivity index (χ1n) is 7.43. The number of rotatable bonds is 9. The van der Waals surface area contributed by atoms with Gasteiger partial charge in [-0.05, 0) is 30.3 Å². The lowest BCUT2D eigenvalue weighted by Crippen LogP contribution is -2.12. The van der Waals surface area contributed by atoms with Gasteiger partial charge < -0.3 is 14.8 Å². The van der Waals surface area contributed by atoms with Gasteiger partial charge in [-0.1, -0.05) is 0 Å². The van der Waals surface area contributed by atoms with Crippen molar-refractivity contribution in [2.75, 3.05) is 31.4 Å². The molecule has 2 aromatic rings. The number of pyridine rings is 1. The van der Waals surface area contributed by atoms with Crippen molar-refractivity contribution in [2.24, 2.45) is 0 Å². The van der Waals surface area contributed by atoms with Gasteiger partial charge in [0.15, 0.2) is 0 Å². The molecule has 0 radical (unpaired) electrons. The summed E-state index contributed by atoms with van der Waals surface area (Å²) in [6.45, 7) is 0.918. The molecule has 0 aliphatic rings. The maximum absolute atomic E-state index is 12.8. The lowest BCUT2D eigenvalue weighted by atomic mass is 10.3. The fraction of sp³-hybridized carbons (Fsp3) is 0.294. The standard InChI is InChI=1S/C17H19FN2O3S/c1-22-9-10-23-17-7-4-14(12-19-17)20-16(21)8-11-24-15-5-2-13(18)3-6-15/h2-7,12H,8-11H2,1H3,(H,20,21). The Morgan fingerprint density at radius 1 is 1.21 bits per heavy atom. The topological polar surface area (TPSA) is 60.5 Å². The second-order valence-corrected chi connectivity index (χ2v) is 6.00. The van der Waals surface area contributed by atoms with Crippen LogP contribution in [0.4, 0.5) is 10.1 Å². The fourth-order valence-electron chi connectivity index (χ4n) is 1.79. The molecule has 1 heterocycles. The Labute approximate surface area is 144 Å². The van der Waals surface area contributed by atoms with Crippen molar-refractivity contribution in [2.45, 2.75) is 11.3 Å². The van der Waals surface area contributed by atoms with Crippen molar-refractivity contribution in [3.05, 3.63) is 48.4 Å². The summed E-state index contributed by atoms with van der Waals surface area (Å²) in [5.74, 6) is 0.735. The van der Waals surface area contributed by atoms with Crippen LogP contribution in [0.1, 0.15) is 6.42 Å². The van der Waals surface area contributed by atoms with Crippen LogP contribution in [0.15, 0.2) is 47.5 Å². The third-order valence-corrected chi connectivity index (χ3v) is 3.98. The van der Waals surface area contributed by atoms with Gasteiger partial charge in [0.1, 0.15) is 12.4 Å². The number of thioether (sulfide) groups is 1. The molecule has 0 unspecified atom stereocenters. The maximum atomic E-state index is 12.8. The van der Waals surface area contributed by atoms with Crippen LogP contribution in [0.5, 0.6) is 5.88 Å². The molecule has 0 saturated heterocycles. The summed E-state index contributed by atoms with van der Waals surface area (Å²) in [5, 5.41) is 2.78. The molecule has 1 amide bonds. The lowest BCUT2D eigenvalue weighted by Gasteiger charge is -2.07. The third-order valence-electron chi connectivity index (χ3n) is 2.97. The molecule has 5 nitrogen and oxygen atoms in total. The Bertz CT molecular complexity index is 635. The van der Waals surface area contributed by atoms with E-state index in [0.29, 0.717) is 37.0 Å². The largest absolute Gasteiger partial charge is 0.475 e. The average Bonchev–Trinajstić information content (AvgIpc) is 2.58. The molecule has 1 N–H and O–H groups in total. The van der Waals surface area contributed by atoms with Gasteiger partial charge >= 0.3 is 0 Å². The second kappa shape index (κ2) is 9.89. The number of carbonyl (C=O) groups excluding carboxylic acids is 1. The number of anilines is 1. The van der Waals surface area contributed by atoms with Gasteiger partial charge in [-0.25, -0.2) is 9.37 Å². The lowest BCUT2D eigenvalue weighted by molar-refractivity contribution is -0.115. The molecule has 128 valence electrons. The first-order valence-corrected chi connectivity index (χ1v) is 8.42. The zero-order chi connectivity index (χ0) is 17.2. The number of ether oxygens (including phenoxy) is 2. The number of aromatic nitrogens is 1. The van der Waals surface area contributed by atoms with E-state index in [-0.39, 0.29) is 11.7 Å². The zero-order valence-electron chi connectivity index (χ0n) is 13.3. The molecule has 0 saturated carbocycles. The van der Waals surface area contributed by atoms with Crippen molar-refractivity contribution in [1.82, 2.24) is 4.98 Å². The summed E-state index contributed by atoms with van der Waals surface area (Å²) in [5.41, 5.74) is 0.617. The van der Waals surface area contributed by atoms with Crippen LogP contribution in [0, 0.1) is 5.82 Å². The van der Waals surface area contributed by atoms with Crippen molar-refractivity contribution < 1.29 is 18.7 Å². The van der Waals surface area contributed by atoms with Crippen molar-refractivity contribution in [3.63, 3.8) is 0 Å². The molecule has 0 spiro atoms. The van der Waals surface area contributed by atoms with E-state index in [4.69, 9.17) is 9.47 Å². The predicted octanol–water partition coefficient (Wildman–Crippen LogP) is 3.37. The van der Waals surface area contributed by atoms with Crippen LogP contribution in [0.3, 0.4) is 0 Å². The Morgan fingerprint density at radius 2 is 2.00 bits per heavy atom. The Morgan fingerprint density at radius 3 is 2.67 bits per heavy atom. The van der Waals surface area contributed by atoms with Crippen LogP contribution in [0.25, 0.3) is 0 Å². The molecule has 0 aliphatic heterocycles. The number of methoxy groups -OCH3 is 1. The molecule has 0 fully saturated rings. The van der Waals surface area contributed by atoms with E-state index in [9.17, 15) is 9.18 Å². The number of carbonyl (C=O) groups is 1. The van der Waals surface area contributed by atoms with Crippen molar-refractivity contribution in [3.8, 4) is 5.88 Å². The van der Waals surface area contributed by atoms with E-state index in [2.05, 4.69) is 10.3 Å². The average molecular weight is 350 g/mol. The quantitative estimate of drug-likeness (QED) is 0.555. The Kier molecular flexibility index (Phi) is 7.51. The van der Waals surface area contributed by atoms with Crippen LogP contribution in [0.2, 0.25) is 0 Å². The summed E-state index contributed by atoms with van der Waals surface area (Å²) in [6, 6.07) is 9.64. The number of nitrogens with zero attached hydrogens (tertiary/aromatic N) is 1. The SMILES string of the molecule is COCCOc1ccc(NC(=O)CCSc2ccc(F)cc2)cn1. The monoisotopic (exact) mass is 350 g/mol. The number of benzene rings is 1. The highest BCUT2D eigenvalue weighted by Crippen LogP contribution is 2.19. The molecular weight excluding hydrogens is 331 g/mol. The highest BCUT2D eigenvalue weighted by atomic mass is 32.2. The van der Waals surface area contributed by atoms with Crippen LogP contribution >= 0.6 is 11.8 Å². The highest BCUT2D eigenvalue weighted by Gasteiger charge is 2.04. The first kappa shape index (κ1) is 18.2. The van der Waals surface area contributed by atoms with Gasteiger partial charge in [0, 0.05) is 30.2 Å². The molecule has 0 aliphatic carbocycles. The first-order chi connectivity index (χ1) is 11.7. The van der Waals surface area contributed by atoms with E-state index in [0.717, 1.165) is 4.90 Å². The minimum atomic E-state index is -0.265. The molecule has 0 bridgehead atoms. The van der Waals surface area contributed by atoms with Gasteiger partial charge in [-0.2, -0.15) is 0 Å². The summed E-state index contributed by atoms with van der Waals surface area (Å²) >= 11 is 1.51. The van der Waals surface area contributed by atoms with Gasteiger partial charge in [0.2, 0.25) is 11.8 Å². The molecule has 7 heteroatoms. The summed E-state index contributed by atoms with van der Waals surface area (Å²) in [7, 11) is 1.60. The van der Waals surface area contributed by atoms with E-state index >= 15 is 0 Å². The maximum Gasteiger partial charge on any atom is 0.225 e. The van der Waals surface area contributed by atoms with E-state index in [1.54, 1.807) is 37.6 Å². The minimum absolute atomic E-state index is 0.0977. The fourth-order valence-corrected chi connectivity index (χ4v) is 2.64. The Balaban J connectivity index is 1.70. The molecule has 1 aromatic heterocycles. The molecule has 24 heavy (non-hydrogen) atoms. The number of nitrogens with one attached hydrogen (secondary N) is 1. The summed E-state index contributed by atoms with van der Waals surface area (Å²) in [6.07, 6.45) is 1.90. The zero-order valence-corrected chi connectivity index (χ0v) is 14.1. The van der Waals surface area contributed by atoms with Gasteiger partial charge in [-0.15, -0.1) is 11.8 Å². The van der Waals surface area contributed by atoms with E-state index in [1.807, 2.05) is 0 Å². The smallest absolute Gasteiger partial charge is 0.225 e. The van der Waals surface area contributed by atoms with Gasteiger partial charge in [0.05, 0.1) is 18.5 Å². The van der Waals surface area contributed by atoms with Crippen LogP contribution in [-0.4, -0.2) is 37.0 Å². The van der Waals surface area contributed by atoms with Gasteiger partial charge in [-0.3, -0.25) is 4.79 Å². The Hall–Kier alpha value is -2.12. The highest BCUT2D eigenvalue weighted by molar-refractivity contribution is 7.99. The van der Waals surface area contributed by atoms with E-state index in [1.165, 1.54) is 23.9 Å². The number of amides is 1. The van der Waals surface area contributed by atoms with Crippen LogP contribution < -0.4 is 10.1 Å². The molecule has 0 atom stereocenters. The van der Waals surface area contributed by atoms with Gasteiger partial charge in [0.25, 0.3) is 0 Å². The molecule has 1 aromatic carbocycles. The summed E-state index contributed by atoms with van der Waals surface area (Å²) in [4.78, 5) is 16.9. The van der Waals surface area contributed by atoms with Crippen LogP contribution in [-0.2, 0) is 9.53 Å². The van der Waals surface area contributed by atoms with Crippen molar-refractivity contribution in [1.29, 1.82) is 0 Å². The minimum Gasteiger partial charge on any atom is -0.475 e. The number of hydrogen-bond donors (Lipinski definition) is 1. The molecule has 2 rings (SSSR count). The van der Waals surface area contributed by atoms with Crippen molar-refractivity contribution >= 4 is 23.4 Å². The molecular formula is C17H19FN2O3S. The normalized spacial score (nSPS) is 10.4.